The van der Waals surface area contributed by atoms with E-state index in [4.69, 9.17) is 4.43 Å². The maximum atomic E-state index is 13.5. The molecule has 36 heavy (non-hydrogen) atoms. The predicted molar refractivity (Wildman–Crippen MR) is 144 cm³/mol. The van der Waals surface area contributed by atoms with Crippen LogP contribution in [0.5, 0.6) is 0 Å². The summed E-state index contributed by atoms with van der Waals surface area (Å²) in [6, 6.07) is 16.5. The van der Waals surface area contributed by atoms with Crippen LogP contribution in [0.1, 0.15) is 36.7 Å². The van der Waals surface area contributed by atoms with Gasteiger partial charge in [0, 0.05) is 23.8 Å². The summed E-state index contributed by atoms with van der Waals surface area (Å²) in [7, 11) is -1.93. The summed E-state index contributed by atoms with van der Waals surface area (Å²) in [5.41, 5.74) is 2.00. The first-order chi connectivity index (χ1) is 17.0. The molecule has 0 radical (unpaired) electrons. The van der Waals surface area contributed by atoms with Gasteiger partial charge in [0.1, 0.15) is 17.0 Å². The van der Waals surface area contributed by atoms with E-state index in [0.29, 0.717) is 29.0 Å². The van der Waals surface area contributed by atoms with Crippen LogP contribution in [0.3, 0.4) is 0 Å². The number of nitrogens with zero attached hydrogens (tertiary/aromatic N) is 2. The lowest BCUT2D eigenvalue weighted by Gasteiger charge is -2.36. The van der Waals surface area contributed by atoms with Gasteiger partial charge in [-0.2, -0.15) is 0 Å². The largest absolute Gasteiger partial charge is 0.413 e. The van der Waals surface area contributed by atoms with E-state index < -0.39 is 19.7 Å². The quantitative estimate of drug-likeness (QED) is 0.314. The van der Waals surface area contributed by atoms with Crippen LogP contribution in [-0.2, 0) is 11.0 Å². The fourth-order valence-electron chi connectivity index (χ4n) is 3.54. The normalized spacial score (nSPS) is 12.1. The number of halogens is 1. The number of carbonyl (C=O) groups excluding carboxylic acids is 1. The Morgan fingerprint density at radius 2 is 1.81 bits per heavy atom. The van der Waals surface area contributed by atoms with Crippen molar-refractivity contribution in [3.05, 3.63) is 100 Å². The van der Waals surface area contributed by atoms with Crippen molar-refractivity contribution in [2.45, 2.75) is 45.5 Å². The van der Waals surface area contributed by atoms with Gasteiger partial charge in [-0.3, -0.25) is 9.59 Å². The molecule has 0 saturated carbocycles. The fourth-order valence-corrected chi connectivity index (χ4v) is 4.50. The van der Waals surface area contributed by atoms with Gasteiger partial charge >= 0.3 is 0 Å². The molecule has 4 aromatic rings. The summed E-state index contributed by atoms with van der Waals surface area (Å²) < 4.78 is 21.4. The summed E-state index contributed by atoms with van der Waals surface area (Å²) in [4.78, 5) is 30.7. The Morgan fingerprint density at radius 1 is 1.08 bits per heavy atom. The van der Waals surface area contributed by atoms with E-state index in [2.05, 4.69) is 44.2 Å². The monoisotopic (exact) mass is 503 g/mol. The molecule has 186 valence electrons. The van der Waals surface area contributed by atoms with E-state index in [-0.39, 0.29) is 16.4 Å². The molecule has 0 bridgehead atoms. The third-order valence-electron chi connectivity index (χ3n) is 6.70. The molecule has 0 spiro atoms. The number of pyridine rings is 2. The maximum Gasteiger partial charge on any atom is 0.261 e. The number of aromatic nitrogens is 2. The van der Waals surface area contributed by atoms with Gasteiger partial charge in [-0.1, -0.05) is 32.9 Å². The van der Waals surface area contributed by atoms with Gasteiger partial charge in [-0.15, -0.1) is 0 Å². The van der Waals surface area contributed by atoms with Crippen LogP contribution < -0.4 is 10.7 Å². The molecule has 2 aromatic carbocycles. The Hall–Kier alpha value is -3.62. The number of nitrogens with one attached hydrogen (secondary N) is 1. The zero-order valence-corrected chi connectivity index (χ0v) is 22.1. The number of benzene rings is 2. The van der Waals surface area contributed by atoms with E-state index in [0.717, 1.165) is 5.56 Å². The molecule has 1 amide bonds. The molecule has 4 rings (SSSR count). The van der Waals surface area contributed by atoms with E-state index >= 15 is 0 Å². The van der Waals surface area contributed by atoms with Crippen molar-refractivity contribution in [2.24, 2.45) is 0 Å². The fraction of sp³-hybridized carbons (Fsp3) is 0.250. The molecule has 2 aromatic heterocycles. The van der Waals surface area contributed by atoms with Gasteiger partial charge in [0.15, 0.2) is 8.32 Å². The second-order valence-electron chi connectivity index (χ2n) is 10.3. The SMILES string of the molecule is CC(C)(C)[Si](C)(C)OCc1cccc(NC(=O)c2cn(-c3ccc(F)cc3)c3ncccc3c2=O)c1. The Labute approximate surface area is 210 Å². The van der Waals surface area contributed by atoms with Crippen LogP contribution in [0.2, 0.25) is 18.1 Å². The molecule has 0 atom stereocenters. The number of hydrogen-bond acceptors (Lipinski definition) is 4. The van der Waals surface area contributed by atoms with Crippen molar-refractivity contribution in [1.82, 2.24) is 9.55 Å². The van der Waals surface area contributed by atoms with Gasteiger partial charge in [-0.25, -0.2) is 9.37 Å². The van der Waals surface area contributed by atoms with Crippen molar-refractivity contribution in [3.63, 3.8) is 0 Å². The molecule has 2 heterocycles. The predicted octanol–water partition coefficient (Wildman–Crippen LogP) is 6.30. The summed E-state index contributed by atoms with van der Waals surface area (Å²) in [5, 5.41) is 3.23. The lowest BCUT2D eigenvalue weighted by Crippen LogP contribution is -2.40. The zero-order valence-electron chi connectivity index (χ0n) is 21.1. The highest BCUT2D eigenvalue weighted by Gasteiger charge is 2.37. The van der Waals surface area contributed by atoms with E-state index in [1.54, 1.807) is 41.1 Å². The Kier molecular flexibility index (Phi) is 6.93. The molecule has 6 nitrogen and oxygen atoms in total. The summed E-state index contributed by atoms with van der Waals surface area (Å²) in [6.07, 6.45) is 3.02. The molecule has 1 N–H and O–H groups in total. The number of carbonyl (C=O) groups is 1. The molecular weight excluding hydrogens is 473 g/mol. The maximum absolute atomic E-state index is 13.5. The van der Waals surface area contributed by atoms with Crippen LogP contribution in [0, 0.1) is 5.82 Å². The minimum Gasteiger partial charge on any atom is -0.413 e. The molecular formula is C28H30FN3O3Si. The van der Waals surface area contributed by atoms with Crippen molar-refractivity contribution >= 4 is 30.9 Å². The first kappa shape index (κ1) is 25.5. The molecule has 0 unspecified atom stereocenters. The van der Waals surface area contributed by atoms with E-state index in [9.17, 15) is 14.0 Å². The highest BCUT2D eigenvalue weighted by atomic mass is 28.4. The topological polar surface area (TPSA) is 73.2 Å². The Morgan fingerprint density at radius 3 is 2.50 bits per heavy atom. The second-order valence-corrected chi connectivity index (χ2v) is 15.1. The van der Waals surface area contributed by atoms with Crippen molar-refractivity contribution < 1.29 is 13.6 Å². The van der Waals surface area contributed by atoms with E-state index in [1.807, 2.05) is 18.2 Å². The number of anilines is 1. The number of fused-ring (bicyclic) bond motifs is 1. The van der Waals surface area contributed by atoms with Crippen molar-refractivity contribution in [3.8, 4) is 5.69 Å². The van der Waals surface area contributed by atoms with Crippen LogP contribution in [0.25, 0.3) is 16.7 Å². The summed E-state index contributed by atoms with van der Waals surface area (Å²) >= 11 is 0. The van der Waals surface area contributed by atoms with Crippen LogP contribution in [0.15, 0.2) is 77.9 Å². The number of rotatable bonds is 6. The Balaban J connectivity index is 1.64. The average molecular weight is 504 g/mol. The molecule has 0 aliphatic rings. The third kappa shape index (κ3) is 5.29. The molecule has 0 aliphatic heterocycles. The van der Waals surface area contributed by atoms with Gasteiger partial charge < -0.3 is 14.3 Å². The highest BCUT2D eigenvalue weighted by molar-refractivity contribution is 6.74. The first-order valence-corrected chi connectivity index (χ1v) is 14.7. The molecule has 8 heteroatoms. The minimum absolute atomic E-state index is 0.0391. The molecule has 0 fully saturated rings. The second kappa shape index (κ2) is 9.79. The lowest BCUT2D eigenvalue weighted by atomic mass is 10.1. The van der Waals surface area contributed by atoms with Gasteiger partial charge in [0.25, 0.3) is 5.91 Å². The number of amides is 1. The van der Waals surface area contributed by atoms with Crippen LogP contribution >= 0.6 is 0 Å². The lowest BCUT2D eigenvalue weighted by molar-refractivity contribution is 0.102. The van der Waals surface area contributed by atoms with Crippen LogP contribution in [0.4, 0.5) is 10.1 Å². The summed E-state index contributed by atoms with van der Waals surface area (Å²) in [6.45, 7) is 11.4. The third-order valence-corrected chi connectivity index (χ3v) is 11.2. The minimum atomic E-state index is -1.93. The van der Waals surface area contributed by atoms with Crippen molar-refractivity contribution in [1.29, 1.82) is 0 Å². The average Bonchev–Trinajstić information content (AvgIpc) is 2.83. The van der Waals surface area contributed by atoms with Crippen molar-refractivity contribution in [2.75, 3.05) is 5.32 Å². The zero-order chi connectivity index (χ0) is 26.1. The molecule has 0 aliphatic carbocycles. The molecule has 0 saturated heterocycles. The van der Waals surface area contributed by atoms with Gasteiger partial charge in [-0.05, 0) is 72.2 Å². The summed E-state index contributed by atoms with van der Waals surface area (Å²) in [5.74, 6) is -0.920. The van der Waals surface area contributed by atoms with Gasteiger partial charge in [0.05, 0.1) is 12.0 Å². The first-order valence-electron chi connectivity index (χ1n) is 11.8. The Bertz CT molecular complexity index is 1470. The smallest absolute Gasteiger partial charge is 0.261 e. The van der Waals surface area contributed by atoms with Gasteiger partial charge in [0.2, 0.25) is 5.43 Å². The standard InChI is InChI=1S/C28H30FN3O3Si/c1-28(2,3)36(4,5)35-18-19-8-6-9-21(16-19)31-27(34)24-17-32(22-13-11-20(29)12-14-22)26-23(25(24)33)10-7-15-30-26/h6-17H,18H2,1-5H3,(H,31,34). The number of hydrogen-bond donors (Lipinski definition) is 1. The van der Waals surface area contributed by atoms with Crippen LogP contribution in [-0.4, -0.2) is 23.8 Å². The van der Waals surface area contributed by atoms with E-state index in [1.165, 1.54) is 18.3 Å². The highest BCUT2D eigenvalue weighted by Crippen LogP contribution is 2.37.